The molecular weight excluding hydrogens is 393 g/mol. The average Bonchev–Trinajstić information content (AvgIpc) is 2.56. The number of nitrogens with zero attached hydrogens (tertiary/aromatic N) is 2. The first-order valence-corrected chi connectivity index (χ1v) is 8.18. The summed E-state index contributed by atoms with van der Waals surface area (Å²) in [6.45, 7) is 0.542. The van der Waals surface area contributed by atoms with Gasteiger partial charge in [0.1, 0.15) is 5.02 Å². The summed E-state index contributed by atoms with van der Waals surface area (Å²) in [5.74, 6) is -0.254. The second kappa shape index (κ2) is 8.84. The van der Waals surface area contributed by atoms with Gasteiger partial charge in [-0.1, -0.05) is 34.8 Å². The lowest BCUT2D eigenvalue weighted by Gasteiger charge is -2.09. The molecule has 0 fully saturated rings. The van der Waals surface area contributed by atoms with Gasteiger partial charge in [0.25, 0.3) is 11.6 Å². The molecular formula is C15H12Cl3N3O4. The van der Waals surface area contributed by atoms with Gasteiger partial charge in [0, 0.05) is 24.9 Å². The van der Waals surface area contributed by atoms with E-state index in [0.717, 1.165) is 6.07 Å². The molecule has 10 heteroatoms. The molecule has 2 aromatic rings. The van der Waals surface area contributed by atoms with Crippen molar-refractivity contribution in [3.05, 3.63) is 61.2 Å². The summed E-state index contributed by atoms with van der Waals surface area (Å²) >= 11 is 17.6. The summed E-state index contributed by atoms with van der Waals surface area (Å²) in [6, 6.07) is 5.19. The number of pyridine rings is 1. The third-order valence-corrected chi connectivity index (χ3v) is 3.83. The number of non-ortho nitro benzene ring substituents is 1. The normalized spacial score (nSPS) is 10.4. The minimum Gasteiger partial charge on any atom is -0.477 e. The van der Waals surface area contributed by atoms with E-state index in [1.807, 2.05) is 0 Å². The highest BCUT2D eigenvalue weighted by Crippen LogP contribution is 2.24. The van der Waals surface area contributed by atoms with Crippen molar-refractivity contribution in [3.8, 4) is 5.88 Å². The van der Waals surface area contributed by atoms with Crippen LogP contribution in [-0.4, -0.2) is 29.0 Å². The summed E-state index contributed by atoms with van der Waals surface area (Å²) in [6.07, 6.45) is 1.88. The van der Waals surface area contributed by atoms with Crippen LogP contribution < -0.4 is 10.1 Å². The molecule has 0 saturated carbocycles. The van der Waals surface area contributed by atoms with Crippen LogP contribution in [0.15, 0.2) is 30.5 Å². The Morgan fingerprint density at radius 1 is 1.24 bits per heavy atom. The monoisotopic (exact) mass is 403 g/mol. The van der Waals surface area contributed by atoms with Crippen molar-refractivity contribution in [2.45, 2.75) is 6.42 Å². The first-order valence-electron chi connectivity index (χ1n) is 7.04. The molecule has 2 rings (SSSR count). The molecule has 1 amide bonds. The fourth-order valence-electron chi connectivity index (χ4n) is 1.85. The van der Waals surface area contributed by atoms with Crippen molar-refractivity contribution in [1.29, 1.82) is 0 Å². The van der Waals surface area contributed by atoms with Gasteiger partial charge in [-0.2, -0.15) is 0 Å². The van der Waals surface area contributed by atoms with Gasteiger partial charge in [-0.3, -0.25) is 14.9 Å². The highest BCUT2D eigenvalue weighted by Gasteiger charge is 2.15. The van der Waals surface area contributed by atoms with Crippen molar-refractivity contribution < 1.29 is 14.5 Å². The van der Waals surface area contributed by atoms with Crippen LogP contribution in [0, 0.1) is 10.1 Å². The molecule has 0 radical (unpaired) electrons. The SMILES string of the molecule is O=C(NCCCOc1ncc(Cl)cc1Cl)c1cc([N+](=O)[O-])ccc1Cl. The van der Waals surface area contributed by atoms with Gasteiger partial charge in [-0.05, 0) is 18.6 Å². The number of nitrogens with one attached hydrogen (secondary N) is 1. The second-order valence-electron chi connectivity index (χ2n) is 4.82. The van der Waals surface area contributed by atoms with Crippen molar-refractivity contribution >= 4 is 46.4 Å². The van der Waals surface area contributed by atoms with E-state index in [0.29, 0.717) is 16.5 Å². The predicted octanol–water partition coefficient (Wildman–Crippen LogP) is 4.15. The Morgan fingerprint density at radius 2 is 2.00 bits per heavy atom. The van der Waals surface area contributed by atoms with Gasteiger partial charge in [-0.15, -0.1) is 0 Å². The van der Waals surface area contributed by atoms with E-state index >= 15 is 0 Å². The molecule has 1 heterocycles. The molecule has 1 aromatic heterocycles. The van der Waals surface area contributed by atoms with Gasteiger partial charge in [0.05, 0.1) is 27.1 Å². The smallest absolute Gasteiger partial charge is 0.270 e. The van der Waals surface area contributed by atoms with Crippen molar-refractivity contribution in [2.75, 3.05) is 13.2 Å². The topological polar surface area (TPSA) is 94.4 Å². The van der Waals surface area contributed by atoms with Crippen LogP contribution in [0.3, 0.4) is 0 Å². The number of ether oxygens (including phenoxy) is 1. The lowest BCUT2D eigenvalue weighted by atomic mass is 10.2. The second-order valence-corrected chi connectivity index (χ2v) is 6.07. The zero-order valence-electron chi connectivity index (χ0n) is 12.7. The Morgan fingerprint density at radius 3 is 2.68 bits per heavy atom. The number of nitro benzene ring substituents is 1. The summed E-state index contributed by atoms with van der Waals surface area (Å²) < 4.78 is 5.39. The molecule has 0 spiro atoms. The van der Waals surface area contributed by atoms with Crippen LogP contribution in [0.4, 0.5) is 5.69 Å². The lowest BCUT2D eigenvalue weighted by molar-refractivity contribution is -0.384. The molecule has 1 aromatic carbocycles. The van der Waals surface area contributed by atoms with Crippen LogP contribution in [0.25, 0.3) is 0 Å². The molecule has 7 nitrogen and oxygen atoms in total. The quantitative estimate of drug-likeness (QED) is 0.425. The summed E-state index contributed by atoms with van der Waals surface area (Å²) in [7, 11) is 0. The first-order chi connectivity index (χ1) is 11.9. The maximum Gasteiger partial charge on any atom is 0.270 e. The van der Waals surface area contributed by atoms with Gasteiger partial charge >= 0.3 is 0 Å². The van der Waals surface area contributed by atoms with Gasteiger partial charge in [0.2, 0.25) is 5.88 Å². The lowest BCUT2D eigenvalue weighted by Crippen LogP contribution is -2.26. The zero-order valence-corrected chi connectivity index (χ0v) is 14.9. The number of hydrogen-bond donors (Lipinski definition) is 1. The molecule has 1 N–H and O–H groups in total. The molecule has 0 aliphatic carbocycles. The van der Waals surface area contributed by atoms with E-state index in [1.54, 1.807) is 0 Å². The Hall–Kier alpha value is -2.09. The van der Waals surface area contributed by atoms with Crippen LogP contribution >= 0.6 is 34.8 Å². The Kier molecular flexibility index (Phi) is 6.81. The number of aromatic nitrogens is 1. The zero-order chi connectivity index (χ0) is 18.4. The number of benzene rings is 1. The number of hydrogen-bond acceptors (Lipinski definition) is 5. The van der Waals surface area contributed by atoms with Gasteiger partial charge in [0.15, 0.2) is 0 Å². The Balaban J connectivity index is 1.83. The maximum atomic E-state index is 12.1. The third-order valence-electron chi connectivity index (χ3n) is 3.02. The molecule has 0 aliphatic rings. The predicted molar refractivity (Wildman–Crippen MR) is 94.8 cm³/mol. The summed E-state index contributed by atoms with van der Waals surface area (Å²) in [4.78, 5) is 26.2. The largest absolute Gasteiger partial charge is 0.477 e. The van der Waals surface area contributed by atoms with E-state index in [-0.39, 0.29) is 35.3 Å². The first kappa shape index (κ1) is 19.2. The van der Waals surface area contributed by atoms with E-state index in [4.69, 9.17) is 39.5 Å². The van der Waals surface area contributed by atoms with E-state index in [1.165, 1.54) is 24.4 Å². The fourth-order valence-corrected chi connectivity index (χ4v) is 2.49. The molecule has 0 aliphatic heterocycles. The Bertz CT molecular complexity index is 802. The minimum atomic E-state index is -0.593. The highest BCUT2D eigenvalue weighted by molar-refractivity contribution is 6.35. The van der Waals surface area contributed by atoms with E-state index in [2.05, 4.69) is 10.3 Å². The number of carbonyl (C=O) groups is 1. The van der Waals surface area contributed by atoms with Crippen LogP contribution in [0.5, 0.6) is 5.88 Å². The molecule has 25 heavy (non-hydrogen) atoms. The van der Waals surface area contributed by atoms with Crippen molar-refractivity contribution in [1.82, 2.24) is 10.3 Å². The van der Waals surface area contributed by atoms with Gasteiger partial charge in [-0.25, -0.2) is 4.98 Å². The number of nitro groups is 1. The molecule has 0 saturated heterocycles. The van der Waals surface area contributed by atoms with Crippen LogP contribution in [-0.2, 0) is 0 Å². The number of amides is 1. The number of halogens is 3. The Labute approximate surface area is 158 Å². The summed E-state index contributed by atoms with van der Waals surface area (Å²) in [5.41, 5.74) is -0.166. The van der Waals surface area contributed by atoms with Crippen molar-refractivity contribution in [3.63, 3.8) is 0 Å². The van der Waals surface area contributed by atoms with E-state index in [9.17, 15) is 14.9 Å². The minimum absolute atomic E-state index is 0.0409. The van der Waals surface area contributed by atoms with Crippen LogP contribution in [0.1, 0.15) is 16.8 Å². The maximum absolute atomic E-state index is 12.1. The fraction of sp³-hybridized carbons (Fsp3) is 0.200. The molecule has 0 unspecified atom stereocenters. The van der Waals surface area contributed by atoms with E-state index < -0.39 is 10.8 Å². The third kappa shape index (κ3) is 5.45. The van der Waals surface area contributed by atoms with Gasteiger partial charge < -0.3 is 10.1 Å². The summed E-state index contributed by atoms with van der Waals surface area (Å²) in [5, 5.41) is 14.2. The average molecular weight is 405 g/mol. The molecule has 0 bridgehead atoms. The molecule has 0 atom stereocenters. The van der Waals surface area contributed by atoms with Crippen LogP contribution in [0.2, 0.25) is 15.1 Å². The number of rotatable bonds is 7. The number of carbonyl (C=O) groups excluding carboxylic acids is 1. The van der Waals surface area contributed by atoms with Crippen molar-refractivity contribution in [2.24, 2.45) is 0 Å². The highest BCUT2D eigenvalue weighted by atomic mass is 35.5. The standard InChI is InChI=1S/C15H12Cl3N3O4/c16-9-6-13(18)15(20-8-9)25-5-1-4-19-14(22)11-7-10(21(23)24)2-3-12(11)17/h2-3,6-8H,1,4-5H2,(H,19,22). The molecule has 132 valence electrons.